The van der Waals surface area contributed by atoms with E-state index >= 15 is 0 Å². The third-order valence-electron chi connectivity index (χ3n) is 3.77. The summed E-state index contributed by atoms with van der Waals surface area (Å²) in [5.74, 6) is 1.68. The summed E-state index contributed by atoms with van der Waals surface area (Å²) in [6.07, 6.45) is 3.67. The van der Waals surface area contributed by atoms with Crippen LogP contribution in [0.3, 0.4) is 0 Å². The predicted molar refractivity (Wildman–Crippen MR) is 91.8 cm³/mol. The normalized spacial score (nSPS) is 11.7. The van der Waals surface area contributed by atoms with Crippen LogP contribution in [-0.2, 0) is 16.8 Å². The molecule has 4 nitrogen and oxygen atoms in total. The minimum absolute atomic E-state index is 0.387. The Labute approximate surface area is 137 Å². The number of rotatable bonds is 9. The molecule has 0 radical (unpaired) electrons. The molecular weight excluding hydrogens is 330 g/mol. The number of aryl methyl sites for hydroxylation is 1. The molecule has 0 spiro atoms. The summed E-state index contributed by atoms with van der Waals surface area (Å²) < 4.78 is 7.02. The topological polar surface area (TPSA) is 47.0 Å². The number of hydrogen-bond donors (Lipinski definition) is 1. The van der Waals surface area contributed by atoms with Crippen LogP contribution in [-0.4, -0.2) is 23.1 Å². The number of halogens is 1. The van der Waals surface area contributed by atoms with Crippen LogP contribution < -0.4 is 5.32 Å². The van der Waals surface area contributed by atoms with Crippen molar-refractivity contribution in [3.05, 3.63) is 16.0 Å². The first-order valence-corrected chi connectivity index (χ1v) is 8.82. The number of nitrogens with zero attached hydrogens (tertiary/aromatic N) is 2. The highest BCUT2D eigenvalue weighted by Crippen LogP contribution is 2.34. The molecule has 5 heteroatoms. The predicted octanol–water partition coefficient (Wildman–Crippen LogP) is 4.68. The molecule has 0 aromatic carbocycles. The van der Waals surface area contributed by atoms with Gasteiger partial charge in [-0.2, -0.15) is 0 Å². The Bertz CT molecular complexity index is 447. The van der Waals surface area contributed by atoms with E-state index in [2.05, 4.69) is 48.9 Å². The smallest absolute Gasteiger partial charge is 0.162 e. The van der Waals surface area contributed by atoms with Crippen molar-refractivity contribution in [2.45, 2.75) is 65.9 Å². The molecule has 120 valence electrons. The van der Waals surface area contributed by atoms with Crippen LogP contribution in [0.25, 0.3) is 0 Å². The van der Waals surface area contributed by atoms with Gasteiger partial charge in [0.2, 0.25) is 0 Å². The molecule has 0 saturated heterocycles. The van der Waals surface area contributed by atoms with Gasteiger partial charge in [0.25, 0.3) is 0 Å². The van der Waals surface area contributed by atoms with E-state index in [1.54, 1.807) is 0 Å². The van der Waals surface area contributed by atoms with Crippen LogP contribution in [0.2, 0.25) is 0 Å². The van der Waals surface area contributed by atoms with Gasteiger partial charge in [-0.3, -0.25) is 0 Å². The molecule has 0 fully saturated rings. The highest BCUT2D eigenvalue weighted by atomic mass is 79.9. The van der Waals surface area contributed by atoms with Crippen molar-refractivity contribution in [3.63, 3.8) is 0 Å². The van der Waals surface area contributed by atoms with E-state index < -0.39 is 0 Å². The Balaban J connectivity index is 3.33. The van der Waals surface area contributed by atoms with Crippen LogP contribution in [0.15, 0.2) is 4.47 Å². The van der Waals surface area contributed by atoms with Crippen LogP contribution in [0.5, 0.6) is 0 Å². The number of ether oxygens (including phenoxy) is 1. The molecule has 0 bridgehead atoms. The summed E-state index contributed by atoms with van der Waals surface area (Å²) in [4.78, 5) is 9.53. The zero-order valence-corrected chi connectivity index (χ0v) is 15.5. The zero-order valence-electron chi connectivity index (χ0n) is 13.9. The van der Waals surface area contributed by atoms with Gasteiger partial charge in [0.1, 0.15) is 11.4 Å². The van der Waals surface area contributed by atoms with E-state index in [0.29, 0.717) is 6.61 Å². The highest BCUT2D eigenvalue weighted by molar-refractivity contribution is 9.10. The summed E-state index contributed by atoms with van der Waals surface area (Å²) in [5, 5.41) is 3.39. The van der Waals surface area contributed by atoms with Gasteiger partial charge < -0.3 is 10.1 Å². The van der Waals surface area contributed by atoms with Crippen molar-refractivity contribution in [3.8, 4) is 0 Å². The van der Waals surface area contributed by atoms with E-state index in [1.807, 2.05) is 6.92 Å². The van der Waals surface area contributed by atoms with Gasteiger partial charge in [-0.25, -0.2) is 9.97 Å². The SMILES string of the molecule is CCCNc1nc(C(CC)(CC)OCC)nc(CC)c1Br. The van der Waals surface area contributed by atoms with Gasteiger partial charge in [0.05, 0.1) is 10.2 Å². The minimum atomic E-state index is -0.387. The number of nitrogens with one attached hydrogen (secondary N) is 1. The number of hydrogen-bond acceptors (Lipinski definition) is 4. The first-order valence-electron chi connectivity index (χ1n) is 8.03. The molecule has 1 N–H and O–H groups in total. The van der Waals surface area contributed by atoms with Crippen LogP contribution >= 0.6 is 15.9 Å². The second-order valence-electron chi connectivity index (χ2n) is 5.07. The van der Waals surface area contributed by atoms with Crippen LogP contribution in [0, 0.1) is 0 Å². The Hall–Kier alpha value is -0.680. The fourth-order valence-electron chi connectivity index (χ4n) is 2.40. The summed E-state index contributed by atoms with van der Waals surface area (Å²) in [6, 6.07) is 0. The third kappa shape index (κ3) is 4.16. The molecule has 21 heavy (non-hydrogen) atoms. The lowest BCUT2D eigenvalue weighted by Crippen LogP contribution is -2.31. The van der Waals surface area contributed by atoms with Gasteiger partial charge >= 0.3 is 0 Å². The standard InChI is InChI=1S/C16H28BrN3O/c1-6-11-18-14-13(17)12(7-2)19-15(20-14)16(8-3,9-4)21-10-5/h6-11H2,1-5H3,(H,18,19,20). The fourth-order valence-corrected chi connectivity index (χ4v) is 3.00. The number of anilines is 1. The molecule has 0 atom stereocenters. The average Bonchev–Trinajstić information content (AvgIpc) is 2.51. The molecule has 0 unspecified atom stereocenters. The highest BCUT2D eigenvalue weighted by Gasteiger charge is 2.33. The first kappa shape index (κ1) is 18.4. The maximum Gasteiger partial charge on any atom is 0.162 e. The monoisotopic (exact) mass is 357 g/mol. The summed E-state index contributed by atoms with van der Waals surface area (Å²) >= 11 is 3.63. The third-order valence-corrected chi connectivity index (χ3v) is 4.60. The molecule has 0 saturated carbocycles. The molecule has 1 heterocycles. The van der Waals surface area contributed by atoms with Crippen molar-refractivity contribution >= 4 is 21.7 Å². The van der Waals surface area contributed by atoms with Crippen LogP contribution in [0.4, 0.5) is 5.82 Å². The van der Waals surface area contributed by atoms with Crippen molar-refractivity contribution in [2.75, 3.05) is 18.5 Å². The van der Waals surface area contributed by atoms with Gasteiger partial charge in [0.15, 0.2) is 5.82 Å². The first-order chi connectivity index (χ1) is 10.1. The van der Waals surface area contributed by atoms with E-state index in [0.717, 1.165) is 54.0 Å². The molecule has 0 aliphatic heterocycles. The molecule has 0 amide bonds. The molecule has 0 aliphatic carbocycles. The van der Waals surface area contributed by atoms with Crippen molar-refractivity contribution in [1.82, 2.24) is 9.97 Å². The van der Waals surface area contributed by atoms with Crippen LogP contribution in [0.1, 0.15) is 65.4 Å². The van der Waals surface area contributed by atoms with E-state index in [1.165, 1.54) is 0 Å². The summed E-state index contributed by atoms with van der Waals surface area (Å²) in [5.41, 5.74) is 0.645. The lowest BCUT2D eigenvalue weighted by Gasteiger charge is -2.30. The van der Waals surface area contributed by atoms with E-state index in [4.69, 9.17) is 14.7 Å². The Morgan fingerprint density at radius 3 is 2.24 bits per heavy atom. The maximum atomic E-state index is 6.04. The second kappa shape index (κ2) is 8.69. The summed E-state index contributed by atoms with van der Waals surface area (Å²) in [7, 11) is 0. The summed E-state index contributed by atoms with van der Waals surface area (Å²) in [6.45, 7) is 12.1. The Morgan fingerprint density at radius 2 is 1.76 bits per heavy atom. The van der Waals surface area contributed by atoms with Gasteiger partial charge in [0, 0.05) is 13.2 Å². The van der Waals surface area contributed by atoms with Crippen molar-refractivity contribution in [2.24, 2.45) is 0 Å². The van der Waals surface area contributed by atoms with Gasteiger partial charge in [-0.05, 0) is 48.5 Å². The maximum absolute atomic E-state index is 6.04. The Kier molecular flexibility index (Phi) is 7.60. The van der Waals surface area contributed by atoms with E-state index in [9.17, 15) is 0 Å². The number of aromatic nitrogens is 2. The fraction of sp³-hybridized carbons (Fsp3) is 0.750. The van der Waals surface area contributed by atoms with Crippen molar-refractivity contribution < 1.29 is 4.74 Å². The lowest BCUT2D eigenvalue weighted by atomic mass is 9.95. The molecular formula is C16H28BrN3O. The van der Waals surface area contributed by atoms with Gasteiger partial charge in [-0.1, -0.05) is 27.7 Å². The minimum Gasteiger partial charge on any atom is -0.369 e. The van der Waals surface area contributed by atoms with E-state index in [-0.39, 0.29) is 5.60 Å². The Morgan fingerprint density at radius 1 is 1.10 bits per heavy atom. The zero-order chi connectivity index (χ0) is 15.9. The second-order valence-corrected chi connectivity index (χ2v) is 5.86. The molecule has 1 rings (SSSR count). The quantitative estimate of drug-likeness (QED) is 0.697. The lowest BCUT2D eigenvalue weighted by molar-refractivity contribution is -0.0572. The molecule has 1 aromatic rings. The average molecular weight is 358 g/mol. The molecule has 0 aliphatic rings. The van der Waals surface area contributed by atoms with Gasteiger partial charge in [-0.15, -0.1) is 0 Å². The van der Waals surface area contributed by atoms with Crippen molar-refractivity contribution in [1.29, 1.82) is 0 Å². The largest absolute Gasteiger partial charge is 0.369 e. The molecule has 1 aromatic heterocycles.